The van der Waals surface area contributed by atoms with Crippen LogP contribution >= 0.6 is 0 Å². The topological polar surface area (TPSA) is 39.9 Å². The van der Waals surface area contributed by atoms with Crippen LogP contribution in [0.1, 0.15) is 31.5 Å². The molecule has 0 aliphatic rings. The minimum Gasteiger partial charge on any atom is -0.304 e. The van der Waals surface area contributed by atoms with Crippen molar-refractivity contribution >= 4 is 0 Å². The summed E-state index contributed by atoms with van der Waals surface area (Å²) in [5.74, 6) is 0. The van der Waals surface area contributed by atoms with E-state index in [2.05, 4.69) is 29.8 Å². The Labute approximate surface area is 133 Å². The van der Waals surface area contributed by atoms with E-state index < -0.39 is 5.41 Å². The number of benzene rings is 1. The number of rotatable bonds is 7. The zero-order valence-corrected chi connectivity index (χ0v) is 13.4. The van der Waals surface area contributed by atoms with Gasteiger partial charge in [0.15, 0.2) is 0 Å². The molecule has 1 heterocycles. The molecule has 0 saturated carbocycles. The third-order valence-corrected chi connectivity index (χ3v) is 4.26. The number of hydrogen-bond acceptors (Lipinski definition) is 3. The van der Waals surface area contributed by atoms with Gasteiger partial charge in [0.1, 0.15) is 5.41 Å². The molecule has 0 amide bonds. The van der Waals surface area contributed by atoms with Crippen LogP contribution in [0.25, 0.3) is 0 Å². The molecule has 0 fully saturated rings. The van der Waals surface area contributed by atoms with Crippen molar-refractivity contribution in [2.45, 2.75) is 25.7 Å². The molecular weight excluding hydrogens is 270 g/mol. The normalized spacial score (nSPS) is 13.5. The van der Waals surface area contributed by atoms with Crippen LogP contribution in [0, 0.1) is 11.3 Å². The third-order valence-electron chi connectivity index (χ3n) is 4.26. The van der Waals surface area contributed by atoms with Crippen molar-refractivity contribution in [2.24, 2.45) is 0 Å². The maximum atomic E-state index is 10.0. The molecule has 0 aliphatic carbocycles. The summed E-state index contributed by atoms with van der Waals surface area (Å²) >= 11 is 0. The molecular formula is C19H23N3. The van der Waals surface area contributed by atoms with Gasteiger partial charge in [-0.3, -0.25) is 4.98 Å². The van der Waals surface area contributed by atoms with Crippen molar-refractivity contribution in [3.8, 4) is 6.07 Å². The molecule has 0 saturated heterocycles. The van der Waals surface area contributed by atoms with Crippen molar-refractivity contribution < 1.29 is 0 Å². The van der Waals surface area contributed by atoms with Gasteiger partial charge in [0.05, 0.1) is 11.8 Å². The van der Waals surface area contributed by atoms with Gasteiger partial charge in [0.2, 0.25) is 0 Å². The Morgan fingerprint density at radius 1 is 1.05 bits per heavy atom. The minimum atomic E-state index is -0.689. The van der Waals surface area contributed by atoms with Crippen LogP contribution in [-0.4, -0.2) is 29.5 Å². The Morgan fingerprint density at radius 2 is 1.73 bits per heavy atom. The number of aromatic nitrogens is 1. The van der Waals surface area contributed by atoms with E-state index in [1.165, 1.54) is 0 Å². The van der Waals surface area contributed by atoms with Gasteiger partial charge in [-0.25, -0.2) is 0 Å². The summed E-state index contributed by atoms with van der Waals surface area (Å²) in [6.07, 6.45) is 2.51. The van der Waals surface area contributed by atoms with Gasteiger partial charge in [0.25, 0.3) is 0 Å². The van der Waals surface area contributed by atoms with Crippen LogP contribution in [0.2, 0.25) is 0 Å². The fraction of sp³-hybridized carbons (Fsp3) is 0.368. The smallest absolute Gasteiger partial charge is 0.125 e. The van der Waals surface area contributed by atoms with Crippen LogP contribution < -0.4 is 0 Å². The lowest BCUT2D eigenvalue weighted by Crippen LogP contribution is -2.34. The molecule has 114 valence electrons. The highest BCUT2D eigenvalue weighted by molar-refractivity contribution is 5.42. The average molecular weight is 293 g/mol. The lowest BCUT2D eigenvalue weighted by Gasteiger charge is -2.29. The van der Waals surface area contributed by atoms with Crippen molar-refractivity contribution in [3.63, 3.8) is 0 Å². The molecule has 1 atom stereocenters. The maximum Gasteiger partial charge on any atom is 0.125 e. The number of nitrogens with zero attached hydrogens (tertiary/aromatic N) is 3. The molecule has 1 unspecified atom stereocenters. The Bertz CT molecular complexity index is 558. The Hall–Kier alpha value is -2.18. The largest absolute Gasteiger partial charge is 0.304 e. The molecule has 1 aromatic carbocycles. The van der Waals surface area contributed by atoms with Crippen LogP contribution in [0.3, 0.4) is 0 Å². The van der Waals surface area contributed by atoms with E-state index in [1.807, 2.05) is 48.5 Å². The summed E-state index contributed by atoms with van der Waals surface area (Å²) in [7, 11) is 0. The third kappa shape index (κ3) is 3.35. The van der Waals surface area contributed by atoms with Gasteiger partial charge in [-0.2, -0.15) is 5.26 Å². The zero-order chi connectivity index (χ0) is 15.8. The van der Waals surface area contributed by atoms with Gasteiger partial charge in [-0.1, -0.05) is 50.2 Å². The van der Waals surface area contributed by atoms with E-state index in [9.17, 15) is 5.26 Å². The first kappa shape index (κ1) is 16.2. The van der Waals surface area contributed by atoms with Gasteiger partial charge in [-0.15, -0.1) is 0 Å². The van der Waals surface area contributed by atoms with Gasteiger partial charge in [0, 0.05) is 12.7 Å². The molecule has 0 spiro atoms. The lowest BCUT2D eigenvalue weighted by atomic mass is 9.75. The predicted octanol–water partition coefficient (Wildman–Crippen LogP) is 3.62. The SMILES string of the molecule is CCN(CC)CCC(C#N)(c1ccccc1)c1ccccn1. The molecule has 1 aromatic heterocycles. The van der Waals surface area contributed by atoms with Crippen molar-refractivity contribution in [2.75, 3.05) is 19.6 Å². The highest BCUT2D eigenvalue weighted by Crippen LogP contribution is 2.34. The van der Waals surface area contributed by atoms with E-state index in [4.69, 9.17) is 0 Å². The molecule has 22 heavy (non-hydrogen) atoms. The van der Waals surface area contributed by atoms with Gasteiger partial charge in [-0.05, 0) is 37.2 Å². The summed E-state index contributed by atoms with van der Waals surface area (Å²) in [6, 6.07) is 18.4. The summed E-state index contributed by atoms with van der Waals surface area (Å²) < 4.78 is 0. The van der Waals surface area contributed by atoms with Gasteiger partial charge >= 0.3 is 0 Å². The zero-order valence-electron chi connectivity index (χ0n) is 13.4. The van der Waals surface area contributed by atoms with E-state index in [0.29, 0.717) is 0 Å². The molecule has 2 aromatic rings. The second kappa shape index (κ2) is 7.72. The number of pyridine rings is 1. The first-order valence-corrected chi connectivity index (χ1v) is 7.87. The van der Waals surface area contributed by atoms with Crippen molar-refractivity contribution in [1.82, 2.24) is 9.88 Å². The summed E-state index contributed by atoms with van der Waals surface area (Å²) in [5.41, 5.74) is 1.16. The fourth-order valence-corrected chi connectivity index (χ4v) is 2.80. The van der Waals surface area contributed by atoms with Crippen molar-refractivity contribution in [3.05, 3.63) is 66.0 Å². The van der Waals surface area contributed by atoms with Gasteiger partial charge < -0.3 is 4.90 Å². The molecule has 3 nitrogen and oxygen atoms in total. The van der Waals surface area contributed by atoms with Crippen LogP contribution in [0.5, 0.6) is 0 Å². The second-order valence-electron chi connectivity index (χ2n) is 5.38. The molecule has 0 radical (unpaired) electrons. The highest BCUT2D eigenvalue weighted by Gasteiger charge is 2.35. The highest BCUT2D eigenvalue weighted by atomic mass is 15.1. The molecule has 3 heteroatoms. The predicted molar refractivity (Wildman–Crippen MR) is 89.5 cm³/mol. The second-order valence-corrected chi connectivity index (χ2v) is 5.38. The van der Waals surface area contributed by atoms with E-state index in [1.54, 1.807) is 6.20 Å². The molecule has 0 aliphatic heterocycles. The maximum absolute atomic E-state index is 10.0. The lowest BCUT2D eigenvalue weighted by molar-refractivity contribution is 0.284. The van der Waals surface area contributed by atoms with Crippen LogP contribution in [-0.2, 0) is 5.41 Å². The molecule has 0 N–H and O–H groups in total. The fourth-order valence-electron chi connectivity index (χ4n) is 2.80. The standard InChI is InChI=1S/C19H23N3/c1-3-22(4-2)15-13-19(16-20,17-10-6-5-7-11-17)18-12-8-9-14-21-18/h5-12,14H,3-4,13,15H2,1-2H3. The number of nitriles is 1. The summed E-state index contributed by atoms with van der Waals surface area (Å²) in [6.45, 7) is 7.18. The summed E-state index contributed by atoms with van der Waals surface area (Å²) in [4.78, 5) is 6.83. The molecule has 2 rings (SSSR count). The molecule has 0 bridgehead atoms. The minimum absolute atomic E-state index is 0.689. The van der Waals surface area contributed by atoms with Crippen molar-refractivity contribution in [1.29, 1.82) is 5.26 Å². The quantitative estimate of drug-likeness (QED) is 0.782. The monoisotopic (exact) mass is 293 g/mol. The van der Waals surface area contributed by atoms with E-state index in [-0.39, 0.29) is 0 Å². The first-order chi connectivity index (χ1) is 10.8. The summed E-state index contributed by atoms with van der Waals surface area (Å²) in [5, 5.41) is 10.0. The van der Waals surface area contributed by atoms with E-state index in [0.717, 1.165) is 37.3 Å². The average Bonchev–Trinajstić information content (AvgIpc) is 2.61. The Kier molecular flexibility index (Phi) is 5.68. The van der Waals surface area contributed by atoms with Crippen LogP contribution in [0.15, 0.2) is 54.7 Å². The first-order valence-electron chi connectivity index (χ1n) is 7.87. The van der Waals surface area contributed by atoms with Crippen LogP contribution in [0.4, 0.5) is 0 Å². The Balaban J connectivity index is 2.42. The Morgan fingerprint density at radius 3 is 2.27 bits per heavy atom. The number of hydrogen-bond donors (Lipinski definition) is 0. The van der Waals surface area contributed by atoms with E-state index >= 15 is 0 Å².